The van der Waals surface area contributed by atoms with Crippen molar-refractivity contribution >= 4 is 0 Å². The molecule has 0 amide bonds. The standard InChI is InChI=1S/C15H24N2O2/c1-9-10(2)19-11(3)14(9)15(17-16)12-7-5-6-8-13(12)18-4/h5-11,14-15,17H,16H2,1-4H3. The van der Waals surface area contributed by atoms with Gasteiger partial charge in [0.25, 0.3) is 0 Å². The molecule has 0 saturated carbocycles. The summed E-state index contributed by atoms with van der Waals surface area (Å²) in [7, 11) is 1.69. The number of rotatable bonds is 4. The van der Waals surface area contributed by atoms with E-state index in [1.54, 1.807) is 7.11 Å². The number of benzene rings is 1. The monoisotopic (exact) mass is 264 g/mol. The summed E-state index contributed by atoms with van der Waals surface area (Å²) in [6, 6.07) is 8.04. The Labute approximate surface area is 115 Å². The van der Waals surface area contributed by atoms with E-state index in [1.807, 2.05) is 18.2 Å². The molecule has 1 aliphatic heterocycles. The van der Waals surface area contributed by atoms with Crippen molar-refractivity contribution in [2.75, 3.05) is 7.11 Å². The average molecular weight is 264 g/mol. The third-order valence-corrected chi connectivity index (χ3v) is 4.36. The minimum Gasteiger partial charge on any atom is -0.496 e. The Hall–Kier alpha value is -1.10. The molecule has 106 valence electrons. The first kappa shape index (κ1) is 14.3. The lowest BCUT2D eigenvalue weighted by molar-refractivity contribution is 0.0474. The summed E-state index contributed by atoms with van der Waals surface area (Å²) < 4.78 is 11.4. The molecular formula is C15H24N2O2. The van der Waals surface area contributed by atoms with Gasteiger partial charge in [0, 0.05) is 11.5 Å². The lowest BCUT2D eigenvalue weighted by Crippen LogP contribution is -2.38. The number of nitrogens with two attached hydrogens (primary N) is 1. The first-order valence-electron chi connectivity index (χ1n) is 6.84. The Kier molecular flexibility index (Phi) is 4.45. The fourth-order valence-electron chi connectivity index (χ4n) is 3.20. The molecule has 0 radical (unpaired) electrons. The second-order valence-corrected chi connectivity index (χ2v) is 5.37. The van der Waals surface area contributed by atoms with E-state index in [2.05, 4.69) is 32.3 Å². The minimum atomic E-state index is 0.0334. The van der Waals surface area contributed by atoms with E-state index in [0.717, 1.165) is 11.3 Å². The van der Waals surface area contributed by atoms with E-state index >= 15 is 0 Å². The summed E-state index contributed by atoms with van der Waals surface area (Å²) in [6.45, 7) is 6.46. The van der Waals surface area contributed by atoms with Crippen molar-refractivity contribution in [1.29, 1.82) is 0 Å². The molecule has 4 heteroatoms. The summed E-state index contributed by atoms with van der Waals surface area (Å²) in [4.78, 5) is 0. The molecule has 3 N–H and O–H groups in total. The van der Waals surface area contributed by atoms with Crippen molar-refractivity contribution in [1.82, 2.24) is 5.43 Å². The number of methoxy groups -OCH3 is 1. The lowest BCUT2D eigenvalue weighted by Gasteiger charge is -2.29. The minimum absolute atomic E-state index is 0.0334. The normalized spacial score (nSPS) is 32.3. The summed E-state index contributed by atoms with van der Waals surface area (Å²) in [6.07, 6.45) is 0.432. The molecule has 1 aromatic carbocycles. The number of hydrogen-bond donors (Lipinski definition) is 2. The largest absolute Gasteiger partial charge is 0.496 e. The van der Waals surface area contributed by atoms with Crippen LogP contribution in [0.3, 0.4) is 0 Å². The number of para-hydroxylation sites is 1. The Morgan fingerprint density at radius 2 is 1.89 bits per heavy atom. The van der Waals surface area contributed by atoms with E-state index in [-0.39, 0.29) is 18.2 Å². The maximum absolute atomic E-state index is 5.93. The van der Waals surface area contributed by atoms with Gasteiger partial charge in [0.15, 0.2) is 0 Å². The first-order chi connectivity index (χ1) is 9.10. The van der Waals surface area contributed by atoms with Gasteiger partial charge in [0.2, 0.25) is 0 Å². The average Bonchev–Trinajstić information content (AvgIpc) is 2.67. The third-order valence-electron chi connectivity index (χ3n) is 4.36. The first-order valence-corrected chi connectivity index (χ1v) is 6.84. The van der Waals surface area contributed by atoms with Gasteiger partial charge in [-0.2, -0.15) is 0 Å². The van der Waals surface area contributed by atoms with Crippen molar-refractivity contribution in [2.45, 2.75) is 39.0 Å². The van der Waals surface area contributed by atoms with Gasteiger partial charge in [-0.25, -0.2) is 0 Å². The van der Waals surface area contributed by atoms with E-state index < -0.39 is 0 Å². The molecule has 0 aromatic heterocycles. The smallest absolute Gasteiger partial charge is 0.123 e. The van der Waals surface area contributed by atoms with Gasteiger partial charge < -0.3 is 9.47 Å². The van der Waals surface area contributed by atoms with Crippen molar-refractivity contribution in [3.8, 4) is 5.75 Å². The summed E-state index contributed by atoms with van der Waals surface area (Å²) >= 11 is 0. The lowest BCUT2D eigenvalue weighted by atomic mass is 9.80. The van der Waals surface area contributed by atoms with Crippen LogP contribution in [0.15, 0.2) is 24.3 Å². The van der Waals surface area contributed by atoms with Gasteiger partial charge in [-0.05, 0) is 25.8 Å². The molecule has 5 atom stereocenters. The Balaban J connectivity index is 2.34. The predicted molar refractivity (Wildman–Crippen MR) is 75.7 cm³/mol. The van der Waals surface area contributed by atoms with Crippen molar-refractivity contribution in [3.63, 3.8) is 0 Å². The zero-order valence-corrected chi connectivity index (χ0v) is 12.1. The van der Waals surface area contributed by atoms with Crippen LogP contribution < -0.4 is 16.0 Å². The SMILES string of the molecule is COc1ccccc1C(NN)C1C(C)OC(C)C1C. The van der Waals surface area contributed by atoms with Crippen molar-refractivity contribution in [2.24, 2.45) is 17.7 Å². The highest BCUT2D eigenvalue weighted by Crippen LogP contribution is 2.42. The van der Waals surface area contributed by atoms with Crippen molar-refractivity contribution < 1.29 is 9.47 Å². The molecular weight excluding hydrogens is 240 g/mol. The molecule has 1 fully saturated rings. The Morgan fingerprint density at radius 1 is 1.21 bits per heavy atom. The fraction of sp³-hybridized carbons (Fsp3) is 0.600. The number of hydrazine groups is 1. The maximum Gasteiger partial charge on any atom is 0.123 e. The number of ether oxygens (including phenoxy) is 2. The fourth-order valence-corrected chi connectivity index (χ4v) is 3.20. The number of nitrogens with one attached hydrogen (secondary N) is 1. The van der Waals surface area contributed by atoms with Crippen LogP contribution in [0.2, 0.25) is 0 Å². The quantitative estimate of drug-likeness (QED) is 0.647. The molecule has 2 rings (SSSR count). The second kappa shape index (κ2) is 5.90. The molecule has 0 spiro atoms. The predicted octanol–water partition coefficient (Wildman–Crippen LogP) is 2.26. The molecule has 1 aromatic rings. The summed E-state index contributed by atoms with van der Waals surface area (Å²) in [5, 5.41) is 0. The molecule has 1 aliphatic rings. The zero-order valence-electron chi connectivity index (χ0n) is 12.1. The van der Waals surface area contributed by atoms with Crippen LogP contribution >= 0.6 is 0 Å². The molecule has 4 nitrogen and oxygen atoms in total. The van der Waals surface area contributed by atoms with Crippen LogP contribution in [-0.2, 0) is 4.74 Å². The van der Waals surface area contributed by atoms with Gasteiger partial charge in [-0.1, -0.05) is 25.1 Å². The molecule has 1 saturated heterocycles. The number of hydrogen-bond acceptors (Lipinski definition) is 4. The van der Waals surface area contributed by atoms with Crippen LogP contribution in [0.1, 0.15) is 32.4 Å². The van der Waals surface area contributed by atoms with E-state index in [0.29, 0.717) is 11.8 Å². The van der Waals surface area contributed by atoms with E-state index in [9.17, 15) is 0 Å². The highest BCUT2D eigenvalue weighted by molar-refractivity contribution is 5.36. The van der Waals surface area contributed by atoms with E-state index in [1.165, 1.54) is 0 Å². The Morgan fingerprint density at radius 3 is 2.42 bits per heavy atom. The highest BCUT2D eigenvalue weighted by Gasteiger charge is 2.42. The van der Waals surface area contributed by atoms with Gasteiger partial charge in [-0.3, -0.25) is 11.3 Å². The Bertz CT molecular complexity index is 424. The van der Waals surface area contributed by atoms with Crippen LogP contribution in [0, 0.1) is 11.8 Å². The zero-order chi connectivity index (χ0) is 14.0. The topological polar surface area (TPSA) is 56.5 Å². The summed E-state index contributed by atoms with van der Waals surface area (Å²) in [5.74, 6) is 7.46. The van der Waals surface area contributed by atoms with Crippen molar-refractivity contribution in [3.05, 3.63) is 29.8 Å². The molecule has 1 heterocycles. The molecule has 19 heavy (non-hydrogen) atoms. The van der Waals surface area contributed by atoms with Gasteiger partial charge in [-0.15, -0.1) is 0 Å². The molecule has 0 bridgehead atoms. The van der Waals surface area contributed by atoms with Gasteiger partial charge in [0.1, 0.15) is 5.75 Å². The third kappa shape index (κ3) is 2.61. The maximum atomic E-state index is 5.93. The van der Waals surface area contributed by atoms with Gasteiger partial charge >= 0.3 is 0 Å². The van der Waals surface area contributed by atoms with Crippen LogP contribution in [0.4, 0.5) is 0 Å². The summed E-state index contributed by atoms with van der Waals surface area (Å²) in [5.41, 5.74) is 4.05. The van der Waals surface area contributed by atoms with Crippen LogP contribution in [0.25, 0.3) is 0 Å². The van der Waals surface area contributed by atoms with Crippen LogP contribution in [0.5, 0.6) is 5.75 Å². The molecule has 0 aliphatic carbocycles. The highest BCUT2D eigenvalue weighted by atomic mass is 16.5. The second-order valence-electron chi connectivity index (χ2n) is 5.37. The van der Waals surface area contributed by atoms with Crippen LogP contribution in [-0.4, -0.2) is 19.3 Å². The molecule has 5 unspecified atom stereocenters. The van der Waals surface area contributed by atoms with Gasteiger partial charge in [0.05, 0.1) is 25.4 Å². The van der Waals surface area contributed by atoms with E-state index in [4.69, 9.17) is 15.3 Å².